The zero-order chi connectivity index (χ0) is 36.3. The van der Waals surface area contributed by atoms with Gasteiger partial charge in [0.1, 0.15) is 11.2 Å². The number of thiophene rings is 1. The van der Waals surface area contributed by atoms with E-state index in [1.807, 2.05) is 11.3 Å². The Morgan fingerprint density at radius 2 is 0.982 bits per heavy atom. The quantitative estimate of drug-likeness (QED) is 0.170. The minimum atomic E-state index is 0.861. The zero-order valence-electron chi connectivity index (χ0n) is 29.8. The second-order valence-corrected chi connectivity index (χ2v) is 15.1. The maximum atomic E-state index is 6.71. The average molecular weight is 720 g/mol. The predicted molar refractivity (Wildman–Crippen MR) is 235 cm³/mol. The van der Waals surface area contributed by atoms with Gasteiger partial charge in [-0.3, -0.25) is 0 Å². The highest BCUT2D eigenvalue weighted by Gasteiger charge is 2.22. The zero-order valence-corrected chi connectivity index (χ0v) is 30.6. The number of benzene rings is 9. The smallest absolute Gasteiger partial charge is 0.137 e. The first kappa shape index (κ1) is 31.6. The summed E-state index contributed by atoms with van der Waals surface area (Å²) in [5.74, 6) is 0. The molecule has 0 bridgehead atoms. The topological polar surface area (TPSA) is 16.4 Å². The minimum Gasteiger partial charge on any atom is -0.456 e. The minimum absolute atomic E-state index is 0.861. The second-order valence-electron chi connectivity index (χ2n) is 14.1. The fourth-order valence-corrected chi connectivity index (χ4v) is 9.48. The number of fused-ring (bicyclic) bond motifs is 8. The van der Waals surface area contributed by atoms with E-state index in [1.165, 1.54) is 53.2 Å². The van der Waals surface area contributed by atoms with Crippen LogP contribution >= 0.6 is 11.3 Å². The summed E-state index contributed by atoms with van der Waals surface area (Å²) in [4.78, 5) is 2.38. The van der Waals surface area contributed by atoms with Crippen molar-refractivity contribution < 1.29 is 4.42 Å². The van der Waals surface area contributed by atoms with E-state index in [-0.39, 0.29) is 0 Å². The molecule has 9 aromatic carbocycles. The fourth-order valence-electron chi connectivity index (χ4n) is 8.24. The standard InChI is InChI=1S/C52H33NOS/c1-3-12-34(13-4-1)35-22-27-39(28-23-35)53(40-29-24-38(25-30-40)42-19-11-20-44-43-18-9-10-21-50(43)55-52(42)44)47-33-49-46(32-45(47)36-14-5-2-6-15-36)51-41-17-8-7-16-37(41)26-31-48(51)54-49/h1-33H. The van der Waals surface area contributed by atoms with Crippen molar-refractivity contribution in [2.45, 2.75) is 0 Å². The van der Waals surface area contributed by atoms with Crippen LogP contribution < -0.4 is 4.90 Å². The number of rotatable bonds is 6. The largest absolute Gasteiger partial charge is 0.456 e. The van der Waals surface area contributed by atoms with Crippen molar-refractivity contribution in [3.8, 4) is 33.4 Å². The van der Waals surface area contributed by atoms with Gasteiger partial charge in [0.2, 0.25) is 0 Å². The average Bonchev–Trinajstić information content (AvgIpc) is 3.83. The number of hydrogen-bond acceptors (Lipinski definition) is 3. The summed E-state index contributed by atoms with van der Waals surface area (Å²) in [7, 11) is 0. The van der Waals surface area contributed by atoms with Crippen LogP contribution in [0.3, 0.4) is 0 Å². The van der Waals surface area contributed by atoms with Gasteiger partial charge in [-0.05, 0) is 81.1 Å². The number of anilines is 3. The predicted octanol–water partition coefficient (Wildman–Crippen LogP) is 15.6. The molecule has 0 aliphatic carbocycles. The summed E-state index contributed by atoms with van der Waals surface area (Å²) < 4.78 is 9.34. The van der Waals surface area contributed by atoms with E-state index in [1.54, 1.807) is 0 Å². The van der Waals surface area contributed by atoms with Gasteiger partial charge in [0.25, 0.3) is 0 Å². The molecule has 11 aromatic rings. The summed E-state index contributed by atoms with van der Waals surface area (Å²) in [6.45, 7) is 0. The SMILES string of the molecule is c1ccc(-c2ccc(N(c3ccc(-c4cccc5c4sc4ccccc45)cc3)c3cc4oc5ccc6ccccc6c5c4cc3-c3ccccc3)cc2)cc1. The molecule has 0 atom stereocenters. The molecule has 0 unspecified atom stereocenters. The molecule has 0 saturated carbocycles. The molecule has 0 aliphatic heterocycles. The van der Waals surface area contributed by atoms with Gasteiger partial charge in [-0.1, -0.05) is 152 Å². The number of hydrogen-bond donors (Lipinski definition) is 0. The van der Waals surface area contributed by atoms with Crippen molar-refractivity contribution in [1.29, 1.82) is 0 Å². The molecule has 0 aliphatic rings. The van der Waals surface area contributed by atoms with Gasteiger partial charge in [0.05, 0.1) is 5.69 Å². The van der Waals surface area contributed by atoms with Gasteiger partial charge >= 0.3 is 0 Å². The molecule has 55 heavy (non-hydrogen) atoms. The maximum Gasteiger partial charge on any atom is 0.137 e. The Morgan fingerprint density at radius 3 is 1.75 bits per heavy atom. The fraction of sp³-hybridized carbons (Fsp3) is 0. The van der Waals surface area contributed by atoms with Crippen molar-refractivity contribution in [3.05, 3.63) is 200 Å². The molecule has 2 aromatic heterocycles. The van der Waals surface area contributed by atoms with Gasteiger partial charge in [-0.15, -0.1) is 11.3 Å². The Balaban J connectivity index is 1.13. The van der Waals surface area contributed by atoms with Gasteiger partial charge in [0, 0.05) is 53.9 Å². The molecule has 0 amide bonds. The van der Waals surface area contributed by atoms with E-state index in [2.05, 4.69) is 205 Å². The monoisotopic (exact) mass is 719 g/mol. The van der Waals surface area contributed by atoms with Crippen LogP contribution in [0.25, 0.3) is 86.3 Å². The molecule has 2 nitrogen and oxygen atoms in total. The van der Waals surface area contributed by atoms with Gasteiger partial charge < -0.3 is 9.32 Å². The van der Waals surface area contributed by atoms with Crippen molar-refractivity contribution in [2.75, 3.05) is 4.90 Å². The Morgan fingerprint density at radius 1 is 0.382 bits per heavy atom. The Hall–Kier alpha value is -6.94. The lowest BCUT2D eigenvalue weighted by molar-refractivity contribution is 0.669. The third kappa shape index (κ3) is 5.32. The lowest BCUT2D eigenvalue weighted by atomic mass is 9.97. The lowest BCUT2D eigenvalue weighted by Crippen LogP contribution is -2.11. The summed E-state index contributed by atoms with van der Waals surface area (Å²) >= 11 is 1.87. The van der Waals surface area contributed by atoms with Crippen LogP contribution in [-0.2, 0) is 0 Å². The lowest BCUT2D eigenvalue weighted by Gasteiger charge is -2.28. The highest BCUT2D eigenvalue weighted by molar-refractivity contribution is 7.26. The van der Waals surface area contributed by atoms with Crippen LogP contribution in [0.15, 0.2) is 205 Å². The highest BCUT2D eigenvalue weighted by Crippen LogP contribution is 2.47. The summed E-state index contributed by atoms with van der Waals surface area (Å²) in [6, 6.07) is 72.1. The van der Waals surface area contributed by atoms with Crippen LogP contribution in [0.5, 0.6) is 0 Å². The van der Waals surface area contributed by atoms with Gasteiger partial charge in [-0.25, -0.2) is 0 Å². The molecule has 2 heterocycles. The van der Waals surface area contributed by atoms with Crippen LogP contribution in [-0.4, -0.2) is 0 Å². The van der Waals surface area contributed by atoms with Crippen LogP contribution in [0.2, 0.25) is 0 Å². The summed E-state index contributed by atoms with van der Waals surface area (Å²) in [5, 5.41) is 7.28. The Kier molecular flexibility index (Phi) is 7.39. The third-order valence-corrected chi connectivity index (χ3v) is 12.1. The van der Waals surface area contributed by atoms with E-state index < -0.39 is 0 Å². The third-order valence-electron chi connectivity index (χ3n) is 10.9. The van der Waals surface area contributed by atoms with Crippen LogP contribution in [0.1, 0.15) is 0 Å². The van der Waals surface area contributed by atoms with E-state index in [9.17, 15) is 0 Å². The molecule has 11 rings (SSSR count). The maximum absolute atomic E-state index is 6.71. The molecule has 0 spiro atoms. The van der Waals surface area contributed by atoms with Gasteiger partial charge in [0.15, 0.2) is 0 Å². The van der Waals surface area contributed by atoms with E-state index >= 15 is 0 Å². The Bertz CT molecular complexity index is 3180. The molecular weight excluding hydrogens is 687 g/mol. The first-order valence-corrected chi connectivity index (χ1v) is 19.5. The summed E-state index contributed by atoms with van der Waals surface area (Å²) in [5.41, 5.74) is 12.0. The number of furan rings is 1. The highest BCUT2D eigenvalue weighted by atomic mass is 32.1. The van der Waals surface area contributed by atoms with E-state index in [4.69, 9.17) is 4.42 Å². The molecule has 3 heteroatoms. The summed E-state index contributed by atoms with van der Waals surface area (Å²) in [6.07, 6.45) is 0. The van der Waals surface area contributed by atoms with Crippen molar-refractivity contribution in [2.24, 2.45) is 0 Å². The number of nitrogens with zero attached hydrogens (tertiary/aromatic N) is 1. The first-order valence-electron chi connectivity index (χ1n) is 18.7. The van der Waals surface area contributed by atoms with E-state index in [0.717, 1.165) is 50.1 Å². The molecule has 0 fully saturated rings. The first-order chi connectivity index (χ1) is 27.3. The molecule has 0 radical (unpaired) electrons. The van der Waals surface area contributed by atoms with Gasteiger partial charge in [-0.2, -0.15) is 0 Å². The molecular formula is C52H33NOS. The van der Waals surface area contributed by atoms with Crippen molar-refractivity contribution in [3.63, 3.8) is 0 Å². The molecule has 258 valence electrons. The Labute approximate surface area is 322 Å². The van der Waals surface area contributed by atoms with Crippen molar-refractivity contribution >= 4 is 81.3 Å². The van der Waals surface area contributed by atoms with Crippen LogP contribution in [0, 0.1) is 0 Å². The molecule has 0 saturated heterocycles. The van der Waals surface area contributed by atoms with Crippen LogP contribution in [0.4, 0.5) is 17.1 Å². The van der Waals surface area contributed by atoms with E-state index in [0.29, 0.717) is 0 Å². The molecule has 0 N–H and O–H groups in total. The van der Waals surface area contributed by atoms with Crippen molar-refractivity contribution in [1.82, 2.24) is 0 Å². The second kappa shape index (κ2) is 12.9. The normalized spacial score (nSPS) is 11.6.